The third kappa shape index (κ3) is 3.83. The number of carbonyl (C=O) groups excluding carboxylic acids is 1. The SMILES string of the molecule is CCCNC(=O)[C@H]1CN(S(=O)(=O)c2ccc3c(c2)CCCC3)c2ccccc2O1. The first-order valence-corrected chi connectivity index (χ1v) is 11.6. The van der Waals surface area contributed by atoms with Crippen molar-refractivity contribution in [3.63, 3.8) is 0 Å². The standard InChI is InChI=1S/C22H26N2O4S/c1-2-13-23-22(25)21-15-24(19-9-5-6-10-20(19)28-21)29(26,27)18-12-11-16-7-3-4-8-17(16)14-18/h5-6,9-12,14,21H,2-4,7-8,13,15H2,1H3,(H,23,25)/t21-/m1/s1. The Morgan fingerprint density at radius 1 is 1.14 bits per heavy atom. The Kier molecular flexibility index (Phi) is 5.50. The zero-order chi connectivity index (χ0) is 20.4. The highest BCUT2D eigenvalue weighted by atomic mass is 32.2. The first-order chi connectivity index (χ1) is 14.0. The molecule has 1 atom stereocenters. The van der Waals surface area contributed by atoms with E-state index in [4.69, 9.17) is 4.74 Å². The summed E-state index contributed by atoms with van der Waals surface area (Å²) in [6.07, 6.45) is 4.03. The second kappa shape index (κ2) is 8.06. The second-order valence-electron chi connectivity index (χ2n) is 7.54. The fourth-order valence-electron chi connectivity index (χ4n) is 3.93. The van der Waals surface area contributed by atoms with E-state index in [9.17, 15) is 13.2 Å². The quantitative estimate of drug-likeness (QED) is 0.816. The topological polar surface area (TPSA) is 75.7 Å². The van der Waals surface area contributed by atoms with Crippen LogP contribution in [0.2, 0.25) is 0 Å². The van der Waals surface area contributed by atoms with Gasteiger partial charge in [0.25, 0.3) is 15.9 Å². The molecule has 0 unspecified atom stereocenters. The molecule has 7 heteroatoms. The van der Waals surface area contributed by atoms with Gasteiger partial charge in [-0.15, -0.1) is 0 Å². The number of sulfonamides is 1. The van der Waals surface area contributed by atoms with Gasteiger partial charge in [-0.1, -0.05) is 25.1 Å². The van der Waals surface area contributed by atoms with Crippen LogP contribution in [0.4, 0.5) is 5.69 Å². The van der Waals surface area contributed by atoms with Crippen LogP contribution in [0.25, 0.3) is 0 Å². The molecule has 1 aliphatic heterocycles. The molecule has 0 aromatic heterocycles. The Hall–Kier alpha value is -2.54. The van der Waals surface area contributed by atoms with E-state index in [1.54, 1.807) is 36.4 Å². The maximum atomic E-state index is 13.6. The van der Waals surface area contributed by atoms with Crippen molar-refractivity contribution in [1.82, 2.24) is 5.32 Å². The number of nitrogens with zero attached hydrogens (tertiary/aromatic N) is 1. The van der Waals surface area contributed by atoms with Crippen molar-refractivity contribution in [2.45, 2.75) is 50.0 Å². The molecule has 2 aromatic carbocycles. The molecule has 1 N–H and O–H groups in total. The molecule has 0 bridgehead atoms. The van der Waals surface area contributed by atoms with Crippen LogP contribution >= 0.6 is 0 Å². The monoisotopic (exact) mass is 414 g/mol. The van der Waals surface area contributed by atoms with Gasteiger partial charge in [-0.25, -0.2) is 8.42 Å². The Labute approximate surface area is 171 Å². The normalized spacial score (nSPS) is 18.4. The number of hydrogen-bond acceptors (Lipinski definition) is 4. The van der Waals surface area contributed by atoms with Crippen molar-refractivity contribution < 1.29 is 17.9 Å². The highest BCUT2D eigenvalue weighted by molar-refractivity contribution is 7.92. The summed E-state index contributed by atoms with van der Waals surface area (Å²) in [5.74, 6) is 0.101. The van der Waals surface area contributed by atoms with Gasteiger partial charge in [-0.05, 0) is 67.5 Å². The highest BCUT2D eigenvalue weighted by Crippen LogP contribution is 2.37. The summed E-state index contributed by atoms with van der Waals surface area (Å²) >= 11 is 0. The number of rotatable bonds is 5. The summed E-state index contributed by atoms with van der Waals surface area (Å²) in [4.78, 5) is 12.8. The Balaban J connectivity index is 1.70. The smallest absolute Gasteiger partial charge is 0.264 e. The van der Waals surface area contributed by atoms with Crippen molar-refractivity contribution in [3.8, 4) is 5.75 Å². The van der Waals surface area contributed by atoms with Gasteiger partial charge in [-0.2, -0.15) is 0 Å². The number of benzene rings is 2. The van der Waals surface area contributed by atoms with Crippen LogP contribution in [0.15, 0.2) is 47.4 Å². The van der Waals surface area contributed by atoms with Gasteiger partial charge >= 0.3 is 0 Å². The van der Waals surface area contributed by atoms with Crippen molar-refractivity contribution in [3.05, 3.63) is 53.6 Å². The number of carbonyl (C=O) groups is 1. The van der Waals surface area contributed by atoms with Crippen molar-refractivity contribution in [2.75, 3.05) is 17.4 Å². The molecule has 0 fully saturated rings. The minimum atomic E-state index is -3.82. The minimum Gasteiger partial charge on any atom is -0.476 e. The van der Waals surface area contributed by atoms with Gasteiger partial charge in [0, 0.05) is 6.54 Å². The molecule has 2 aliphatic rings. The molecule has 2 aromatic rings. The molecule has 1 aliphatic carbocycles. The lowest BCUT2D eigenvalue weighted by atomic mass is 9.92. The lowest BCUT2D eigenvalue weighted by Crippen LogP contribution is -2.50. The minimum absolute atomic E-state index is 0.0496. The van der Waals surface area contributed by atoms with E-state index >= 15 is 0 Å². The summed E-state index contributed by atoms with van der Waals surface area (Å²) in [6, 6.07) is 12.4. The molecule has 29 heavy (non-hydrogen) atoms. The second-order valence-corrected chi connectivity index (χ2v) is 9.40. The van der Waals surface area contributed by atoms with Gasteiger partial charge in [0.1, 0.15) is 5.75 Å². The molecular weight excluding hydrogens is 388 g/mol. The third-order valence-corrected chi connectivity index (χ3v) is 7.26. The molecule has 4 rings (SSSR count). The number of anilines is 1. The average molecular weight is 415 g/mol. The lowest BCUT2D eigenvalue weighted by molar-refractivity contribution is -0.127. The van der Waals surface area contributed by atoms with E-state index in [-0.39, 0.29) is 17.3 Å². The molecular formula is C22H26N2O4S. The van der Waals surface area contributed by atoms with E-state index in [1.165, 1.54) is 9.87 Å². The van der Waals surface area contributed by atoms with E-state index < -0.39 is 16.1 Å². The Morgan fingerprint density at radius 2 is 1.90 bits per heavy atom. The van der Waals surface area contributed by atoms with Gasteiger partial charge in [0.2, 0.25) is 0 Å². The molecule has 0 spiro atoms. The van der Waals surface area contributed by atoms with Crippen LogP contribution < -0.4 is 14.4 Å². The van der Waals surface area contributed by atoms with Crippen LogP contribution in [0, 0.1) is 0 Å². The fourth-order valence-corrected chi connectivity index (χ4v) is 5.45. The summed E-state index contributed by atoms with van der Waals surface area (Å²) in [5.41, 5.74) is 2.80. The largest absolute Gasteiger partial charge is 0.476 e. The molecule has 0 saturated carbocycles. The third-order valence-electron chi connectivity index (χ3n) is 5.48. The van der Waals surface area contributed by atoms with Crippen LogP contribution in [0.3, 0.4) is 0 Å². The van der Waals surface area contributed by atoms with Crippen molar-refractivity contribution in [1.29, 1.82) is 0 Å². The number of para-hydroxylation sites is 2. The van der Waals surface area contributed by atoms with Crippen molar-refractivity contribution >= 4 is 21.6 Å². The van der Waals surface area contributed by atoms with E-state index in [0.29, 0.717) is 18.0 Å². The zero-order valence-electron chi connectivity index (χ0n) is 16.6. The fraction of sp³-hybridized carbons (Fsp3) is 0.409. The number of hydrogen-bond donors (Lipinski definition) is 1. The van der Waals surface area contributed by atoms with Gasteiger partial charge in [0.05, 0.1) is 17.1 Å². The number of ether oxygens (including phenoxy) is 1. The maximum Gasteiger partial charge on any atom is 0.264 e. The van der Waals surface area contributed by atoms with Gasteiger partial charge in [-0.3, -0.25) is 9.10 Å². The van der Waals surface area contributed by atoms with Gasteiger partial charge < -0.3 is 10.1 Å². The molecule has 154 valence electrons. The summed E-state index contributed by atoms with van der Waals surface area (Å²) in [6.45, 7) is 2.44. The first kappa shape index (κ1) is 19.8. The van der Waals surface area contributed by atoms with Crippen LogP contribution in [0.5, 0.6) is 5.75 Å². The molecule has 1 heterocycles. The highest BCUT2D eigenvalue weighted by Gasteiger charge is 2.37. The van der Waals surface area contributed by atoms with Crippen LogP contribution in [0.1, 0.15) is 37.3 Å². The Bertz CT molecular complexity index is 1020. The maximum absolute atomic E-state index is 13.6. The summed E-state index contributed by atoms with van der Waals surface area (Å²) in [5, 5.41) is 2.80. The predicted octanol–water partition coefficient (Wildman–Crippen LogP) is 3.05. The molecule has 0 saturated heterocycles. The zero-order valence-corrected chi connectivity index (χ0v) is 17.4. The lowest BCUT2D eigenvalue weighted by Gasteiger charge is -2.35. The summed E-state index contributed by atoms with van der Waals surface area (Å²) < 4.78 is 34.2. The molecule has 6 nitrogen and oxygen atoms in total. The first-order valence-electron chi connectivity index (χ1n) is 10.2. The summed E-state index contributed by atoms with van der Waals surface area (Å²) in [7, 11) is -3.82. The van der Waals surface area contributed by atoms with E-state index in [2.05, 4.69) is 5.32 Å². The van der Waals surface area contributed by atoms with E-state index in [1.807, 2.05) is 13.0 Å². The number of amides is 1. The average Bonchev–Trinajstić information content (AvgIpc) is 2.76. The number of aryl methyl sites for hydroxylation is 2. The van der Waals surface area contributed by atoms with Crippen LogP contribution in [-0.2, 0) is 27.7 Å². The van der Waals surface area contributed by atoms with Crippen molar-refractivity contribution in [2.24, 2.45) is 0 Å². The molecule has 1 amide bonds. The number of nitrogens with one attached hydrogen (secondary N) is 1. The molecule has 0 radical (unpaired) electrons. The number of fused-ring (bicyclic) bond motifs is 2. The van der Waals surface area contributed by atoms with E-state index in [0.717, 1.165) is 37.7 Å². The Morgan fingerprint density at radius 3 is 2.69 bits per heavy atom. The predicted molar refractivity (Wildman–Crippen MR) is 112 cm³/mol. The van der Waals surface area contributed by atoms with Gasteiger partial charge in [0.15, 0.2) is 6.10 Å². The van der Waals surface area contributed by atoms with Crippen LogP contribution in [-0.4, -0.2) is 33.5 Å².